The smallest absolute Gasteiger partial charge is 0.160 e. The van der Waals surface area contributed by atoms with Gasteiger partial charge in [-0.05, 0) is 12.8 Å². The highest BCUT2D eigenvalue weighted by Crippen LogP contribution is 2.33. The van der Waals surface area contributed by atoms with E-state index >= 15 is 0 Å². The summed E-state index contributed by atoms with van der Waals surface area (Å²) >= 11 is 0. The van der Waals surface area contributed by atoms with Crippen LogP contribution in [0.5, 0.6) is 0 Å². The number of sulfone groups is 1. The molecular formula is C8H15NO4S. The van der Waals surface area contributed by atoms with Gasteiger partial charge in [-0.15, -0.1) is 0 Å². The standard InChI is InChI=1S/C8H15NO4S/c1-2-14(12,13)7(5-10)8(9-11)6-3-4-6/h6-7,10-11H,2-5H2,1H3/b9-8-/t7-/m0/s1. The van der Waals surface area contributed by atoms with Crippen LogP contribution in [-0.4, -0.2) is 42.1 Å². The molecule has 1 atom stereocenters. The number of rotatable bonds is 5. The van der Waals surface area contributed by atoms with E-state index in [-0.39, 0.29) is 17.4 Å². The maximum absolute atomic E-state index is 11.5. The fraction of sp³-hybridized carbons (Fsp3) is 0.875. The summed E-state index contributed by atoms with van der Waals surface area (Å²) in [5, 5.41) is 19.7. The van der Waals surface area contributed by atoms with Crippen LogP contribution in [0, 0.1) is 5.92 Å². The SMILES string of the molecule is CCS(=O)(=O)[C@@H](CO)/C(=N\O)C1CC1. The van der Waals surface area contributed by atoms with Gasteiger partial charge in [0.05, 0.1) is 12.3 Å². The Bertz CT molecular complexity index is 318. The molecule has 0 heterocycles. The van der Waals surface area contributed by atoms with Crippen LogP contribution in [0.1, 0.15) is 19.8 Å². The molecule has 5 nitrogen and oxygen atoms in total. The van der Waals surface area contributed by atoms with Crippen LogP contribution in [0.4, 0.5) is 0 Å². The molecule has 0 aromatic carbocycles. The van der Waals surface area contributed by atoms with Gasteiger partial charge in [0, 0.05) is 11.7 Å². The van der Waals surface area contributed by atoms with Crippen LogP contribution < -0.4 is 0 Å². The Labute approximate surface area is 83.4 Å². The highest BCUT2D eigenvalue weighted by molar-refractivity contribution is 7.92. The van der Waals surface area contributed by atoms with E-state index in [4.69, 9.17) is 10.3 Å². The summed E-state index contributed by atoms with van der Waals surface area (Å²) in [6, 6.07) is 0. The van der Waals surface area contributed by atoms with Crippen LogP contribution in [0.2, 0.25) is 0 Å². The Morgan fingerprint density at radius 1 is 1.57 bits per heavy atom. The fourth-order valence-electron chi connectivity index (χ4n) is 1.38. The van der Waals surface area contributed by atoms with Crippen molar-refractivity contribution in [3.05, 3.63) is 0 Å². The molecule has 14 heavy (non-hydrogen) atoms. The Morgan fingerprint density at radius 3 is 2.43 bits per heavy atom. The molecule has 0 radical (unpaired) electrons. The van der Waals surface area contributed by atoms with Crippen molar-refractivity contribution in [3.8, 4) is 0 Å². The lowest BCUT2D eigenvalue weighted by atomic mass is 10.2. The quantitative estimate of drug-likeness (QED) is 0.389. The molecule has 1 saturated carbocycles. The molecule has 0 unspecified atom stereocenters. The van der Waals surface area contributed by atoms with Crippen molar-refractivity contribution < 1.29 is 18.7 Å². The zero-order chi connectivity index (χ0) is 10.8. The van der Waals surface area contributed by atoms with E-state index in [1.807, 2.05) is 0 Å². The first kappa shape index (κ1) is 11.5. The third kappa shape index (κ3) is 2.24. The molecule has 0 amide bonds. The molecule has 6 heteroatoms. The highest BCUT2D eigenvalue weighted by atomic mass is 32.2. The van der Waals surface area contributed by atoms with E-state index in [0.717, 1.165) is 12.8 Å². The molecule has 0 aromatic rings. The van der Waals surface area contributed by atoms with Crippen LogP contribution in [-0.2, 0) is 9.84 Å². The van der Waals surface area contributed by atoms with Gasteiger partial charge in [0.25, 0.3) is 0 Å². The average molecular weight is 221 g/mol. The van der Waals surface area contributed by atoms with Crippen LogP contribution in [0.3, 0.4) is 0 Å². The largest absolute Gasteiger partial charge is 0.411 e. The van der Waals surface area contributed by atoms with Crippen molar-refractivity contribution in [3.63, 3.8) is 0 Å². The molecule has 82 valence electrons. The second kappa shape index (κ2) is 4.27. The molecule has 0 aliphatic heterocycles. The van der Waals surface area contributed by atoms with Crippen molar-refractivity contribution in [1.82, 2.24) is 0 Å². The van der Waals surface area contributed by atoms with E-state index in [1.54, 1.807) is 0 Å². The maximum Gasteiger partial charge on any atom is 0.160 e. The molecular weight excluding hydrogens is 206 g/mol. The summed E-state index contributed by atoms with van der Waals surface area (Å²) in [7, 11) is -3.37. The monoisotopic (exact) mass is 221 g/mol. The van der Waals surface area contributed by atoms with Gasteiger partial charge in [-0.2, -0.15) is 0 Å². The molecule has 1 fully saturated rings. The third-order valence-electron chi connectivity index (χ3n) is 2.44. The van der Waals surface area contributed by atoms with Gasteiger partial charge < -0.3 is 10.3 Å². The van der Waals surface area contributed by atoms with E-state index < -0.39 is 21.7 Å². The van der Waals surface area contributed by atoms with E-state index in [2.05, 4.69) is 5.16 Å². The predicted octanol–water partition coefficient (Wildman–Crippen LogP) is 0.0222. The number of hydrogen-bond donors (Lipinski definition) is 2. The van der Waals surface area contributed by atoms with Gasteiger partial charge in [-0.1, -0.05) is 12.1 Å². The maximum atomic E-state index is 11.5. The molecule has 2 N–H and O–H groups in total. The number of oxime groups is 1. The summed E-state index contributed by atoms with van der Waals surface area (Å²) in [6.45, 7) is 1.01. The lowest BCUT2D eigenvalue weighted by Crippen LogP contribution is -2.36. The first-order valence-electron chi connectivity index (χ1n) is 4.61. The second-order valence-electron chi connectivity index (χ2n) is 3.42. The minimum atomic E-state index is -3.37. The summed E-state index contributed by atoms with van der Waals surface area (Å²) in [5.41, 5.74) is 0.217. The van der Waals surface area contributed by atoms with Gasteiger partial charge in [-0.25, -0.2) is 8.42 Å². The topological polar surface area (TPSA) is 87.0 Å². The minimum Gasteiger partial charge on any atom is -0.411 e. The van der Waals surface area contributed by atoms with Crippen molar-refractivity contribution in [2.75, 3.05) is 12.4 Å². The van der Waals surface area contributed by atoms with E-state index in [9.17, 15) is 8.42 Å². The third-order valence-corrected chi connectivity index (χ3v) is 4.50. The Balaban J connectivity index is 2.90. The van der Waals surface area contributed by atoms with Crippen molar-refractivity contribution >= 4 is 15.5 Å². The first-order valence-corrected chi connectivity index (χ1v) is 6.32. The van der Waals surface area contributed by atoms with Gasteiger partial charge in [0.1, 0.15) is 5.25 Å². The molecule has 0 saturated heterocycles. The predicted molar refractivity (Wildman–Crippen MR) is 52.3 cm³/mol. The molecule has 0 bridgehead atoms. The van der Waals surface area contributed by atoms with Crippen LogP contribution >= 0.6 is 0 Å². The van der Waals surface area contributed by atoms with Gasteiger partial charge in [0.15, 0.2) is 9.84 Å². The highest BCUT2D eigenvalue weighted by Gasteiger charge is 2.38. The number of aliphatic hydroxyl groups is 1. The second-order valence-corrected chi connectivity index (χ2v) is 5.89. The fourth-order valence-corrected chi connectivity index (χ4v) is 2.62. The summed E-state index contributed by atoms with van der Waals surface area (Å²) in [4.78, 5) is 0. The normalized spacial score (nSPS) is 20.9. The van der Waals surface area contributed by atoms with Crippen molar-refractivity contribution in [2.24, 2.45) is 11.1 Å². The Morgan fingerprint density at radius 2 is 2.14 bits per heavy atom. The molecule has 0 aromatic heterocycles. The first-order chi connectivity index (χ1) is 6.56. The Kier molecular flexibility index (Phi) is 3.49. The zero-order valence-corrected chi connectivity index (χ0v) is 8.87. The molecule has 1 aliphatic rings. The van der Waals surface area contributed by atoms with E-state index in [1.165, 1.54) is 6.92 Å². The lowest BCUT2D eigenvalue weighted by Gasteiger charge is -2.14. The van der Waals surface area contributed by atoms with Crippen molar-refractivity contribution in [1.29, 1.82) is 0 Å². The zero-order valence-electron chi connectivity index (χ0n) is 8.05. The van der Waals surface area contributed by atoms with E-state index in [0.29, 0.717) is 0 Å². The minimum absolute atomic E-state index is 0.0403. The lowest BCUT2D eigenvalue weighted by molar-refractivity contribution is 0.293. The average Bonchev–Trinajstić information content (AvgIpc) is 2.96. The number of aliphatic hydroxyl groups excluding tert-OH is 1. The number of hydrogen-bond acceptors (Lipinski definition) is 5. The summed E-state index contributed by atoms with van der Waals surface area (Å²) in [6.07, 6.45) is 1.68. The summed E-state index contributed by atoms with van der Waals surface area (Å²) in [5.74, 6) is -0.0114. The van der Waals surface area contributed by atoms with Gasteiger partial charge in [-0.3, -0.25) is 0 Å². The molecule has 0 spiro atoms. The van der Waals surface area contributed by atoms with Crippen LogP contribution in [0.25, 0.3) is 0 Å². The molecule has 1 rings (SSSR count). The number of nitrogens with zero attached hydrogens (tertiary/aromatic N) is 1. The van der Waals surface area contributed by atoms with Gasteiger partial charge >= 0.3 is 0 Å². The van der Waals surface area contributed by atoms with Crippen LogP contribution in [0.15, 0.2) is 5.16 Å². The Hall–Kier alpha value is -0.620. The van der Waals surface area contributed by atoms with Gasteiger partial charge in [0.2, 0.25) is 0 Å². The van der Waals surface area contributed by atoms with Crippen molar-refractivity contribution in [2.45, 2.75) is 25.0 Å². The summed E-state index contributed by atoms with van der Waals surface area (Å²) < 4.78 is 23.0. The molecule has 1 aliphatic carbocycles.